The van der Waals surface area contributed by atoms with E-state index in [-0.39, 0.29) is 29.0 Å². The van der Waals surface area contributed by atoms with Crippen LogP contribution in [0.15, 0.2) is 12.2 Å². The largest absolute Gasteiger partial charge is 0.463 e. The number of carbonyl (C=O) groups excluding carboxylic acids is 1. The first-order valence-corrected chi connectivity index (χ1v) is 12.6. The van der Waals surface area contributed by atoms with Gasteiger partial charge < -0.3 is 14.6 Å². The normalized spacial score (nSPS) is 44.1. The van der Waals surface area contributed by atoms with Gasteiger partial charge in [-0.1, -0.05) is 26.0 Å². The number of esters is 1. The topological polar surface area (TPSA) is 59.0 Å². The van der Waals surface area contributed by atoms with Gasteiger partial charge in [0.25, 0.3) is 0 Å². The van der Waals surface area contributed by atoms with Crippen LogP contribution in [-0.4, -0.2) is 61.0 Å². The number of nitrogens with zero attached hydrogens (tertiary/aromatic N) is 1. The highest BCUT2D eigenvalue weighted by atomic mass is 16.5. The summed E-state index contributed by atoms with van der Waals surface area (Å²) in [4.78, 5) is 14.1. The molecule has 4 aliphatic rings. The summed E-state index contributed by atoms with van der Waals surface area (Å²) in [5.41, 5.74) is 1.56. The monoisotopic (exact) mass is 433 g/mol. The fourth-order valence-corrected chi connectivity index (χ4v) is 7.55. The van der Waals surface area contributed by atoms with Crippen LogP contribution in [0.3, 0.4) is 0 Å². The highest BCUT2D eigenvalue weighted by Crippen LogP contribution is 2.61. The van der Waals surface area contributed by atoms with Gasteiger partial charge in [0.1, 0.15) is 6.10 Å². The third-order valence-electron chi connectivity index (χ3n) is 9.74. The quantitative estimate of drug-likeness (QED) is 0.520. The summed E-state index contributed by atoms with van der Waals surface area (Å²) < 4.78 is 11.2. The van der Waals surface area contributed by atoms with Gasteiger partial charge in [-0.15, -0.1) is 0 Å². The van der Waals surface area contributed by atoms with Gasteiger partial charge in [0.15, 0.2) is 0 Å². The highest BCUT2D eigenvalue weighted by molar-refractivity contribution is 5.66. The molecule has 1 saturated heterocycles. The zero-order chi connectivity index (χ0) is 22.2. The number of hydrogen-bond acceptors (Lipinski definition) is 5. The maximum atomic E-state index is 11.6. The molecule has 7 atom stereocenters. The number of rotatable bonds is 5. The van der Waals surface area contributed by atoms with Crippen LogP contribution in [-0.2, 0) is 14.3 Å². The van der Waals surface area contributed by atoms with E-state index in [0.717, 1.165) is 84.2 Å². The van der Waals surface area contributed by atoms with Crippen LogP contribution < -0.4 is 0 Å². The lowest BCUT2D eigenvalue weighted by molar-refractivity contribution is -0.157. The molecule has 3 saturated carbocycles. The summed E-state index contributed by atoms with van der Waals surface area (Å²) >= 11 is 0. The SMILES string of the molecule is C=C1CC[C@H]2[C@H](O)[C@@H]([C@@]3(C)CC[C@H](OC(C)=O)C[C@@H]3CCN3CCOCC3)CC[C@]12C. The highest BCUT2D eigenvalue weighted by Gasteiger charge is 2.56. The Morgan fingerprint density at radius 2 is 1.94 bits per heavy atom. The van der Waals surface area contributed by atoms with Crippen molar-refractivity contribution in [3.05, 3.63) is 12.2 Å². The maximum Gasteiger partial charge on any atom is 0.302 e. The first kappa shape index (κ1) is 23.3. The molecule has 5 heteroatoms. The van der Waals surface area contributed by atoms with E-state index in [2.05, 4.69) is 25.3 Å². The number of aliphatic hydroxyl groups excluding tert-OH is 1. The summed E-state index contributed by atoms with van der Waals surface area (Å²) in [6.45, 7) is 15.4. The number of ether oxygens (including phenoxy) is 2. The number of fused-ring (bicyclic) bond motifs is 1. The molecule has 1 N–H and O–H groups in total. The molecule has 1 aliphatic heterocycles. The van der Waals surface area contributed by atoms with Gasteiger partial charge in [-0.25, -0.2) is 0 Å². The van der Waals surface area contributed by atoms with Crippen LogP contribution in [0.4, 0.5) is 0 Å². The molecule has 0 aromatic heterocycles. The van der Waals surface area contributed by atoms with Crippen LogP contribution in [0.1, 0.15) is 72.1 Å². The first-order valence-electron chi connectivity index (χ1n) is 12.6. The Bertz CT molecular complexity index is 674. The zero-order valence-corrected chi connectivity index (χ0v) is 19.9. The molecule has 0 spiro atoms. The molecule has 4 rings (SSSR count). The summed E-state index contributed by atoms with van der Waals surface area (Å²) in [5.74, 6) is 0.964. The minimum atomic E-state index is -0.251. The van der Waals surface area contributed by atoms with Gasteiger partial charge in [0.05, 0.1) is 19.3 Å². The van der Waals surface area contributed by atoms with E-state index in [4.69, 9.17) is 9.47 Å². The predicted molar refractivity (Wildman–Crippen MR) is 122 cm³/mol. The summed E-state index contributed by atoms with van der Waals surface area (Å²) in [6.07, 6.45) is 8.13. The molecule has 0 unspecified atom stereocenters. The van der Waals surface area contributed by atoms with Crippen molar-refractivity contribution in [2.24, 2.45) is 28.6 Å². The van der Waals surface area contributed by atoms with Crippen LogP contribution in [0, 0.1) is 28.6 Å². The zero-order valence-electron chi connectivity index (χ0n) is 19.9. The molecule has 0 aromatic rings. The average molecular weight is 434 g/mol. The number of hydrogen-bond donors (Lipinski definition) is 1. The van der Waals surface area contributed by atoms with Crippen molar-refractivity contribution in [2.75, 3.05) is 32.8 Å². The summed E-state index contributed by atoms with van der Waals surface area (Å²) in [6, 6.07) is 0. The van der Waals surface area contributed by atoms with Crippen molar-refractivity contribution in [3.63, 3.8) is 0 Å². The summed E-state index contributed by atoms with van der Waals surface area (Å²) in [7, 11) is 0. The van der Waals surface area contributed by atoms with E-state index in [0.29, 0.717) is 17.8 Å². The lowest BCUT2D eigenvalue weighted by atomic mass is 9.51. The van der Waals surface area contributed by atoms with E-state index in [1.54, 1.807) is 0 Å². The van der Waals surface area contributed by atoms with Gasteiger partial charge in [-0.2, -0.15) is 0 Å². The Labute approximate surface area is 188 Å². The van der Waals surface area contributed by atoms with E-state index in [1.807, 2.05) is 0 Å². The van der Waals surface area contributed by atoms with E-state index in [1.165, 1.54) is 12.5 Å². The fraction of sp³-hybridized carbons (Fsp3) is 0.885. The lowest BCUT2D eigenvalue weighted by Crippen LogP contribution is -2.53. The molecule has 0 bridgehead atoms. The van der Waals surface area contributed by atoms with Gasteiger partial charge in [0, 0.05) is 20.0 Å². The second-order valence-electron chi connectivity index (χ2n) is 11.3. The molecule has 0 radical (unpaired) electrons. The molecule has 4 fully saturated rings. The number of carbonyl (C=O) groups is 1. The third-order valence-corrected chi connectivity index (χ3v) is 9.74. The van der Waals surface area contributed by atoms with Crippen molar-refractivity contribution in [3.8, 4) is 0 Å². The molecular weight excluding hydrogens is 390 g/mol. The Kier molecular flexibility index (Phi) is 6.86. The molecule has 1 heterocycles. The molecule has 5 nitrogen and oxygen atoms in total. The number of morpholine rings is 1. The second kappa shape index (κ2) is 9.15. The minimum Gasteiger partial charge on any atom is -0.463 e. The molecule has 176 valence electrons. The first-order chi connectivity index (χ1) is 14.7. The Balaban J connectivity index is 1.51. The average Bonchev–Trinajstić information content (AvgIpc) is 3.04. The molecule has 31 heavy (non-hydrogen) atoms. The van der Waals surface area contributed by atoms with Crippen molar-refractivity contribution in [1.82, 2.24) is 4.90 Å². The maximum absolute atomic E-state index is 11.6. The van der Waals surface area contributed by atoms with Crippen LogP contribution in [0.25, 0.3) is 0 Å². The van der Waals surface area contributed by atoms with Crippen molar-refractivity contribution in [2.45, 2.75) is 84.3 Å². The van der Waals surface area contributed by atoms with E-state index in [9.17, 15) is 9.90 Å². The van der Waals surface area contributed by atoms with Crippen molar-refractivity contribution < 1.29 is 19.4 Å². The molecule has 0 amide bonds. The Morgan fingerprint density at radius 3 is 2.65 bits per heavy atom. The standard InChI is InChI=1S/C26H43NO4/c1-18-5-6-22-24(29)23(8-11-25(18,22)3)26(4)10-7-21(31-19(2)28)17-20(26)9-12-27-13-15-30-16-14-27/h20-24,29H,1,5-17H2,2-4H3/t20-,21-,22-,23-,24-,25+,26-/m0/s1. The molecular formula is C26H43NO4. The number of allylic oxidation sites excluding steroid dienone is 1. The molecule has 0 aromatic carbocycles. The van der Waals surface area contributed by atoms with Gasteiger partial charge >= 0.3 is 5.97 Å². The number of aliphatic hydroxyl groups is 1. The molecule has 3 aliphatic carbocycles. The second-order valence-corrected chi connectivity index (χ2v) is 11.3. The van der Waals surface area contributed by atoms with Crippen LogP contribution >= 0.6 is 0 Å². The predicted octanol–water partition coefficient (Wildman–Crippen LogP) is 4.19. The Hall–Kier alpha value is -0.910. The smallest absolute Gasteiger partial charge is 0.302 e. The van der Waals surface area contributed by atoms with E-state index < -0.39 is 0 Å². The van der Waals surface area contributed by atoms with Gasteiger partial charge in [0.2, 0.25) is 0 Å². The van der Waals surface area contributed by atoms with Gasteiger partial charge in [-0.05, 0) is 86.5 Å². The lowest BCUT2D eigenvalue weighted by Gasteiger charge is -2.55. The van der Waals surface area contributed by atoms with Crippen molar-refractivity contribution in [1.29, 1.82) is 0 Å². The fourth-order valence-electron chi connectivity index (χ4n) is 7.55. The van der Waals surface area contributed by atoms with Crippen molar-refractivity contribution >= 4 is 5.97 Å². The third kappa shape index (κ3) is 4.47. The van der Waals surface area contributed by atoms with Gasteiger partial charge in [-0.3, -0.25) is 9.69 Å². The summed E-state index contributed by atoms with van der Waals surface area (Å²) in [5, 5.41) is 11.6. The Morgan fingerprint density at radius 1 is 1.19 bits per heavy atom. The van der Waals surface area contributed by atoms with E-state index >= 15 is 0 Å². The van der Waals surface area contributed by atoms with Crippen LogP contribution in [0.5, 0.6) is 0 Å². The van der Waals surface area contributed by atoms with Crippen LogP contribution in [0.2, 0.25) is 0 Å². The minimum absolute atomic E-state index is 0.0255.